The van der Waals surface area contributed by atoms with Gasteiger partial charge in [0.25, 0.3) is 0 Å². The minimum Gasteiger partial charge on any atom is -0.384 e. The lowest BCUT2D eigenvalue weighted by Gasteiger charge is -2.42. The van der Waals surface area contributed by atoms with Crippen molar-refractivity contribution >= 4 is 17.3 Å². The van der Waals surface area contributed by atoms with Crippen molar-refractivity contribution in [2.75, 3.05) is 32.5 Å². The summed E-state index contributed by atoms with van der Waals surface area (Å²) < 4.78 is 0. The molecule has 0 aliphatic heterocycles. The number of nitrogens with one attached hydrogen (secondary N) is 1. The van der Waals surface area contributed by atoms with Crippen LogP contribution >= 0.6 is 0 Å². The van der Waals surface area contributed by atoms with Gasteiger partial charge in [-0.15, -0.1) is 0 Å². The lowest BCUT2D eigenvalue weighted by molar-refractivity contribution is 0.332. The molecule has 0 amide bonds. The van der Waals surface area contributed by atoms with Crippen molar-refractivity contribution in [2.45, 2.75) is 58.3 Å². The summed E-state index contributed by atoms with van der Waals surface area (Å²) in [4.78, 5) is 2.19. The lowest BCUT2D eigenvalue weighted by Crippen LogP contribution is -2.33. The third-order valence-electron chi connectivity index (χ3n) is 6.49. The van der Waals surface area contributed by atoms with E-state index in [1.807, 2.05) is 0 Å². The molecule has 2 heteroatoms. The monoisotopic (exact) mass is 390 g/mol. The Morgan fingerprint density at radius 2 is 1.55 bits per heavy atom. The maximum absolute atomic E-state index is 3.48. The van der Waals surface area contributed by atoms with Crippen LogP contribution in [0.2, 0.25) is 0 Å². The summed E-state index contributed by atoms with van der Waals surface area (Å²) in [7, 11) is 4.20. The molecule has 0 heterocycles. The van der Waals surface area contributed by atoms with Gasteiger partial charge in [0, 0.05) is 18.8 Å². The van der Waals surface area contributed by atoms with Crippen LogP contribution in [0.3, 0.4) is 0 Å². The van der Waals surface area contributed by atoms with Gasteiger partial charge in [0.1, 0.15) is 0 Å². The first-order chi connectivity index (χ1) is 13.6. The molecule has 1 aliphatic rings. The number of hydrogen-bond acceptors (Lipinski definition) is 2. The van der Waals surface area contributed by atoms with Crippen molar-refractivity contribution in [1.29, 1.82) is 0 Å². The molecule has 0 fully saturated rings. The molecule has 2 aromatic rings. The van der Waals surface area contributed by atoms with Crippen molar-refractivity contribution in [3.05, 3.63) is 64.7 Å². The summed E-state index contributed by atoms with van der Waals surface area (Å²) in [6.07, 6.45) is 4.81. The molecule has 2 aromatic carbocycles. The van der Waals surface area contributed by atoms with Gasteiger partial charge in [-0.2, -0.15) is 0 Å². The third-order valence-corrected chi connectivity index (χ3v) is 6.49. The molecule has 0 saturated carbocycles. The molecule has 156 valence electrons. The highest BCUT2D eigenvalue weighted by molar-refractivity contribution is 5.81. The van der Waals surface area contributed by atoms with Crippen LogP contribution in [-0.4, -0.2) is 32.1 Å². The Hall–Kier alpha value is -2.06. The molecule has 1 aliphatic carbocycles. The first-order valence-corrected chi connectivity index (χ1v) is 10.9. The zero-order chi connectivity index (χ0) is 21.2. The first kappa shape index (κ1) is 21.6. The first-order valence-electron chi connectivity index (χ1n) is 10.9. The fraction of sp³-hybridized carbons (Fsp3) is 0.481. The highest BCUT2D eigenvalue weighted by atomic mass is 15.1. The number of anilines is 1. The van der Waals surface area contributed by atoms with Gasteiger partial charge < -0.3 is 10.2 Å². The number of rotatable bonds is 6. The topological polar surface area (TPSA) is 15.3 Å². The molecule has 0 unspecified atom stereocenters. The molecule has 2 nitrogen and oxygen atoms in total. The van der Waals surface area contributed by atoms with Crippen molar-refractivity contribution in [1.82, 2.24) is 4.90 Å². The second kappa shape index (κ2) is 8.36. The number of allylic oxidation sites excluding steroid dienone is 1. The van der Waals surface area contributed by atoms with E-state index in [1.165, 1.54) is 46.4 Å². The smallest absolute Gasteiger partial charge is 0.0341 e. The van der Waals surface area contributed by atoms with E-state index in [0.29, 0.717) is 0 Å². The van der Waals surface area contributed by atoms with Crippen molar-refractivity contribution < 1.29 is 0 Å². The van der Waals surface area contributed by atoms with Gasteiger partial charge in [-0.05, 0) is 84.7 Å². The average Bonchev–Trinajstić information content (AvgIpc) is 2.66. The number of hydrogen-bond donors (Lipinski definition) is 1. The average molecular weight is 391 g/mol. The van der Waals surface area contributed by atoms with Crippen LogP contribution < -0.4 is 5.32 Å². The van der Waals surface area contributed by atoms with Gasteiger partial charge in [0.15, 0.2) is 0 Å². The Morgan fingerprint density at radius 1 is 0.931 bits per heavy atom. The number of nitrogens with zero attached hydrogens (tertiary/aromatic N) is 1. The van der Waals surface area contributed by atoms with E-state index in [9.17, 15) is 0 Å². The molecule has 0 atom stereocenters. The summed E-state index contributed by atoms with van der Waals surface area (Å²) in [5.41, 5.74) is 8.66. The van der Waals surface area contributed by atoms with Crippen LogP contribution in [0.25, 0.3) is 11.6 Å². The van der Waals surface area contributed by atoms with Gasteiger partial charge in [0.2, 0.25) is 0 Å². The van der Waals surface area contributed by atoms with Gasteiger partial charge in [-0.25, -0.2) is 0 Å². The zero-order valence-corrected chi connectivity index (χ0v) is 19.4. The molecular weight excluding hydrogens is 352 g/mol. The fourth-order valence-corrected chi connectivity index (χ4v) is 4.29. The minimum atomic E-state index is 0.251. The van der Waals surface area contributed by atoms with Crippen LogP contribution in [-0.2, 0) is 10.8 Å². The maximum Gasteiger partial charge on any atom is 0.0341 e. The Kier molecular flexibility index (Phi) is 6.24. The molecule has 29 heavy (non-hydrogen) atoms. The quantitative estimate of drug-likeness (QED) is 0.561. The van der Waals surface area contributed by atoms with Crippen LogP contribution in [0.4, 0.5) is 5.69 Å². The molecule has 0 aromatic heterocycles. The SMILES string of the molecule is CC(=Cc1ccc(NCCN(C)C)cc1)c1ccc2c(c1)C(C)(C)CCC2(C)C. The summed E-state index contributed by atoms with van der Waals surface area (Å²) in [6.45, 7) is 13.8. The number of fused-ring (bicyclic) bond motifs is 1. The van der Waals surface area contributed by atoms with Crippen molar-refractivity contribution in [2.24, 2.45) is 0 Å². The standard InChI is InChI=1S/C27H38N2/c1-20(18-21-8-11-23(12-9-21)28-16-17-29(6)7)22-10-13-24-25(19-22)27(4,5)15-14-26(24,2)3/h8-13,18-19,28H,14-17H2,1-7H3. The van der Waals surface area contributed by atoms with E-state index >= 15 is 0 Å². The van der Waals surface area contributed by atoms with Gasteiger partial charge >= 0.3 is 0 Å². The zero-order valence-electron chi connectivity index (χ0n) is 19.4. The van der Waals surface area contributed by atoms with Crippen LogP contribution in [0.5, 0.6) is 0 Å². The maximum atomic E-state index is 3.48. The van der Waals surface area contributed by atoms with Crippen LogP contribution in [0, 0.1) is 0 Å². The van der Waals surface area contributed by atoms with E-state index in [1.54, 1.807) is 0 Å². The number of benzene rings is 2. The molecule has 0 bridgehead atoms. The van der Waals surface area contributed by atoms with Gasteiger partial charge in [0.05, 0.1) is 0 Å². The highest BCUT2D eigenvalue weighted by Crippen LogP contribution is 2.46. The largest absolute Gasteiger partial charge is 0.384 e. The van der Waals surface area contributed by atoms with E-state index in [2.05, 4.69) is 107 Å². The third kappa shape index (κ3) is 5.11. The van der Waals surface area contributed by atoms with Crippen LogP contribution in [0.15, 0.2) is 42.5 Å². The molecule has 3 rings (SSSR count). The summed E-state index contributed by atoms with van der Waals surface area (Å²) >= 11 is 0. The van der Waals surface area contributed by atoms with E-state index in [4.69, 9.17) is 0 Å². The van der Waals surface area contributed by atoms with Gasteiger partial charge in [-0.3, -0.25) is 0 Å². The fourth-order valence-electron chi connectivity index (χ4n) is 4.29. The predicted octanol–water partition coefficient (Wildman–Crippen LogP) is 6.57. The molecule has 1 N–H and O–H groups in total. The van der Waals surface area contributed by atoms with E-state index in [-0.39, 0.29) is 10.8 Å². The van der Waals surface area contributed by atoms with E-state index in [0.717, 1.165) is 13.1 Å². The molecule has 0 saturated heterocycles. The van der Waals surface area contributed by atoms with E-state index < -0.39 is 0 Å². The molecular formula is C27H38N2. The predicted molar refractivity (Wildman–Crippen MR) is 129 cm³/mol. The van der Waals surface area contributed by atoms with Crippen LogP contribution in [0.1, 0.15) is 69.7 Å². The normalized spacial score (nSPS) is 17.9. The lowest BCUT2D eigenvalue weighted by atomic mass is 9.63. The van der Waals surface area contributed by atoms with Gasteiger partial charge in [-0.1, -0.05) is 64.1 Å². The Balaban J connectivity index is 1.80. The van der Waals surface area contributed by atoms with Crippen molar-refractivity contribution in [3.63, 3.8) is 0 Å². The second-order valence-corrected chi connectivity index (χ2v) is 10.2. The summed E-state index contributed by atoms with van der Waals surface area (Å²) in [5.74, 6) is 0. The second-order valence-electron chi connectivity index (χ2n) is 10.2. The Labute approximate surface area is 178 Å². The Bertz CT molecular complexity index is 870. The number of likely N-dealkylation sites (N-methyl/N-ethyl adjacent to an activating group) is 1. The highest BCUT2D eigenvalue weighted by Gasteiger charge is 2.36. The summed E-state index contributed by atoms with van der Waals surface area (Å²) in [6, 6.07) is 15.9. The molecule has 0 radical (unpaired) electrons. The van der Waals surface area contributed by atoms with Crippen molar-refractivity contribution in [3.8, 4) is 0 Å². The molecule has 0 spiro atoms. The summed E-state index contributed by atoms with van der Waals surface area (Å²) in [5, 5.41) is 3.48. The Morgan fingerprint density at radius 3 is 2.17 bits per heavy atom. The minimum absolute atomic E-state index is 0.251.